The molecule has 34 heavy (non-hydrogen) atoms. The van der Waals surface area contributed by atoms with Crippen LogP contribution in [0.3, 0.4) is 0 Å². The molecule has 2 amide bonds. The monoisotopic (exact) mass is 461 g/mol. The minimum absolute atomic E-state index is 0.00738. The van der Waals surface area contributed by atoms with E-state index in [2.05, 4.69) is 27.5 Å². The molecule has 1 fully saturated rings. The quantitative estimate of drug-likeness (QED) is 0.532. The molecular formula is C25H27N5O4. The van der Waals surface area contributed by atoms with Gasteiger partial charge in [0.15, 0.2) is 5.82 Å². The molecular weight excluding hydrogens is 434 g/mol. The number of carbonyl (C=O) groups is 3. The van der Waals surface area contributed by atoms with Gasteiger partial charge in [0, 0.05) is 13.5 Å². The largest absolute Gasteiger partial charge is 0.480 e. The Morgan fingerprint density at radius 3 is 2.47 bits per heavy atom. The van der Waals surface area contributed by atoms with E-state index in [1.807, 2.05) is 42.5 Å². The first-order valence-corrected chi connectivity index (χ1v) is 11.2. The summed E-state index contributed by atoms with van der Waals surface area (Å²) in [4.78, 5) is 41.9. The number of hydrogen-bond donors (Lipinski definition) is 2. The predicted octanol–water partition coefficient (Wildman–Crippen LogP) is 2.44. The molecule has 2 heterocycles. The van der Waals surface area contributed by atoms with Crippen molar-refractivity contribution in [2.45, 2.75) is 44.8 Å². The molecule has 0 spiro atoms. The molecule has 1 aromatic heterocycles. The topological polar surface area (TPSA) is 117 Å². The van der Waals surface area contributed by atoms with Crippen molar-refractivity contribution in [1.82, 2.24) is 25.0 Å². The number of aliphatic carboxylic acids is 1. The number of carboxylic acids is 1. The fourth-order valence-electron chi connectivity index (χ4n) is 4.22. The number of rotatable bonds is 8. The number of nitrogens with zero attached hydrogens (tertiary/aromatic N) is 4. The zero-order chi connectivity index (χ0) is 24.1. The van der Waals surface area contributed by atoms with E-state index in [0.29, 0.717) is 12.4 Å². The zero-order valence-electron chi connectivity index (χ0n) is 18.9. The molecule has 4 rings (SSSR count). The van der Waals surface area contributed by atoms with E-state index in [1.54, 1.807) is 4.90 Å². The molecule has 9 heteroatoms. The fourth-order valence-corrected chi connectivity index (χ4v) is 4.22. The lowest BCUT2D eigenvalue weighted by molar-refractivity contribution is -0.142. The van der Waals surface area contributed by atoms with Crippen LogP contribution < -0.4 is 5.32 Å². The van der Waals surface area contributed by atoms with Crippen LogP contribution in [0.25, 0.3) is 11.1 Å². The second-order valence-electron chi connectivity index (χ2n) is 8.40. The number of carbonyl (C=O) groups excluding carboxylic acids is 2. The Kier molecular flexibility index (Phi) is 7.01. The molecule has 2 aromatic carbocycles. The first-order chi connectivity index (χ1) is 16.4. The minimum Gasteiger partial charge on any atom is -0.480 e. The Bertz CT molecular complexity index is 1160. The van der Waals surface area contributed by atoms with Gasteiger partial charge in [-0.25, -0.2) is 14.5 Å². The molecule has 2 atom stereocenters. The standard InChI is InChI=1S/C25H27N5O4/c1-17(31)27-21(25(33)34)15-29-16-26-24(28-29)22-8-5-13-30(22)23(32)14-18-9-11-20(12-10-18)19-6-3-2-4-7-19/h2-4,6-7,9-12,16,21-22H,5,8,13-15H2,1H3,(H,27,31)(H,33,34). The highest BCUT2D eigenvalue weighted by atomic mass is 16.4. The van der Waals surface area contributed by atoms with Gasteiger partial charge in [0.05, 0.1) is 19.0 Å². The van der Waals surface area contributed by atoms with Crippen molar-refractivity contribution in [3.05, 3.63) is 72.3 Å². The fraction of sp³-hybridized carbons (Fsp3) is 0.320. The van der Waals surface area contributed by atoms with Gasteiger partial charge in [0.2, 0.25) is 11.8 Å². The highest BCUT2D eigenvalue weighted by Gasteiger charge is 2.33. The summed E-state index contributed by atoms with van der Waals surface area (Å²) < 4.78 is 1.40. The van der Waals surface area contributed by atoms with Gasteiger partial charge in [-0.2, -0.15) is 5.10 Å². The summed E-state index contributed by atoms with van der Waals surface area (Å²) in [5.41, 5.74) is 3.17. The SMILES string of the molecule is CC(=O)NC(Cn1cnc(C2CCCN2C(=O)Cc2ccc(-c3ccccc3)cc2)n1)C(=O)O. The highest BCUT2D eigenvalue weighted by Crippen LogP contribution is 2.30. The zero-order valence-corrected chi connectivity index (χ0v) is 18.9. The summed E-state index contributed by atoms with van der Waals surface area (Å²) >= 11 is 0. The van der Waals surface area contributed by atoms with Crippen molar-refractivity contribution >= 4 is 17.8 Å². The van der Waals surface area contributed by atoms with Crippen LogP contribution in [0.1, 0.15) is 37.2 Å². The van der Waals surface area contributed by atoms with Crippen molar-refractivity contribution in [3.8, 4) is 11.1 Å². The molecule has 176 valence electrons. The van der Waals surface area contributed by atoms with Gasteiger partial charge < -0.3 is 15.3 Å². The number of aromatic nitrogens is 3. The third kappa shape index (κ3) is 5.48. The normalized spacial score (nSPS) is 16.3. The highest BCUT2D eigenvalue weighted by molar-refractivity contribution is 5.82. The third-order valence-electron chi connectivity index (χ3n) is 5.89. The Labute approximate surface area is 197 Å². The van der Waals surface area contributed by atoms with E-state index in [4.69, 9.17) is 0 Å². The summed E-state index contributed by atoms with van der Waals surface area (Å²) in [7, 11) is 0. The van der Waals surface area contributed by atoms with Gasteiger partial charge in [-0.05, 0) is 29.5 Å². The van der Waals surface area contributed by atoms with Crippen LogP contribution in [-0.2, 0) is 27.3 Å². The molecule has 0 bridgehead atoms. The van der Waals surface area contributed by atoms with Crippen molar-refractivity contribution < 1.29 is 19.5 Å². The number of benzene rings is 2. The van der Waals surface area contributed by atoms with E-state index in [0.717, 1.165) is 29.5 Å². The van der Waals surface area contributed by atoms with Crippen LogP contribution in [0.5, 0.6) is 0 Å². The van der Waals surface area contributed by atoms with E-state index < -0.39 is 17.9 Å². The molecule has 0 aliphatic carbocycles. The third-order valence-corrected chi connectivity index (χ3v) is 5.89. The van der Waals surface area contributed by atoms with Crippen molar-refractivity contribution in [3.63, 3.8) is 0 Å². The van der Waals surface area contributed by atoms with E-state index in [9.17, 15) is 19.5 Å². The molecule has 0 saturated carbocycles. The Hall–Kier alpha value is -4.01. The average molecular weight is 462 g/mol. The molecule has 3 aromatic rings. The van der Waals surface area contributed by atoms with Crippen LogP contribution >= 0.6 is 0 Å². The minimum atomic E-state index is -1.15. The van der Waals surface area contributed by atoms with Crippen molar-refractivity contribution in [1.29, 1.82) is 0 Å². The lowest BCUT2D eigenvalue weighted by atomic mass is 10.0. The Morgan fingerprint density at radius 1 is 1.09 bits per heavy atom. The summed E-state index contributed by atoms with van der Waals surface area (Å²) in [6, 6.07) is 16.7. The van der Waals surface area contributed by atoms with Crippen LogP contribution in [0.2, 0.25) is 0 Å². The molecule has 2 unspecified atom stereocenters. The van der Waals surface area contributed by atoms with Crippen LogP contribution in [-0.4, -0.2) is 55.1 Å². The van der Waals surface area contributed by atoms with Gasteiger partial charge in [-0.1, -0.05) is 54.6 Å². The number of amides is 2. The Balaban J connectivity index is 1.41. The molecule has 1 saturated heterocycles. The van der Waals surface area contributed by atoms with Crippen LogP contribution in [0, 0.1) is 0 Å². The van der Waals surface area contributed by atoms with E-state index in [-0.39, 0.29) is 24.9 Å². The first-order valence-electron chi connectivity index (χ1n) is 11.2. The van der Waals surface area contributed by atoms with E-state index in [1.165, 1.54) is 17.9 Å². The summed E-state index contributed by atoms with van der Waals surface area (Å²) in [6.45, 7) is 1.85. The van der Waals surface area contributed by atoms with E-state index >= 15 is 0 Å². The molecule has 9 nitrogen and oxygen atoms in total. The predicted molar refractivity (Wildman–Crippen MR) is 125 cm³/mol. The summed E-state index contributed by atoms with van der Waals surface area (Å²) in [5.74, 6) is -1.09. The lowest BCUT2D eigenvalue weighted by Gasteiger charge is -2.22. The number of carboxylic acid groups (broad SMARTS) is 1. The second-order valence-corrected chi connectivity index (χ2v) is 8.40. The second kappa shape index (κ2) is 10.3. The number of nitrogens with one attached hydrogen (secondary N) is 1. The van der Waals surface area contributed by atoms with Crippen LogP contribution in [0.4, 0.5) is 0 Å². The molecule has 1 aliphatic heterocycles. The number of hydrogen-bond acceptors (Lipinski definition) is 5. The summed E-state index contributed by atoms with van der Waals surface area (Å²) in [6.07, 6.45) is 3.32. The molecule has 2 N–H and O–H groups in total. The smallest absolute Gasteiger partial charge is 0.328 e. The maximum absolute atomic E-state index is 13.1. The van der Waals surface area contributed by atoms with Crippen LogP contribution in [0.15, 0.2) is 60.9 Å². The maximum atomic E-state index is 13.1. The Morgan fingerprint density at radius 2 is 1.79 bits per heavy atom. The average Bonchev–Trinajstić information content (AvgIpc) is 3.49. The molecule has 1 aliphatic rings. The van der Waals surface area contributed by atoms with Crippen molar-refractivity contribution in [2.24, 2.45) is 0 Å². The first kappa shape index (κ1) is 23.2. The maximum Gasteiger partial charge on any atom is 0.328 e. The van der Waals surface area contributed by atoms with Gasteiger partial charge >= 0.3 is 5.97 Å². The van der Waals surface area contributed by atoms with Crippen molar-refractivity contribution in [2.75, 3.05) is 6.54 Å². The van der Waals surface area contributed by atoms with Gasteiger partial charge in [0.25, 0.3) is 0 Å². The van der Waals surface area contributed by atoms with Gasteiger partial charge in [-0.3, -0.25) is 9.59 Å². The molecule has 0 radical (unpaired) electrons. The lowest BCUT2D eigenvalue weighted by Crippen LogP contribution is -2.42. The van der Waals surface area contributed by atoms with Gasteiger partial charge in [-0.15, -0.1) is 0 Å². The van der Waals surface area contributed by atoms with Gasteiger partial charge in [0.1, 0.15) is 12.4 Å². The number of likely N-dealkylation sites (tertiary alicyclic amines) is 1. The summed E-state index contributed by atoms with van der Waals surface area (Å²) in [5, 5.41) is 16.1.